The highest BCUT2D eigenvalue weighted by molar-refractivity contribution is 7.80. The van der Waals surface area contributed by atoms with Gasteiger partial charge in [0.2, 0.25) is 0 Å². The molecule has 20 heavy (non-hydrogen) atoms. The number of hydrogen-bond donors (Lipinski definition) is 3. The summed E-state index contributed by atoms with van der Waals surface area (Å²) in [5.74, 6) is -0.119. The minimum atomic E-state index is -1.01. The van der Waals surface area contributed by atoms with E-state index in [1.54, 1.807) is 30.3 Å². The van der Waals surface area contributed by atoms with Gasteiger partial charge in [0, 0.05) is 5.56 Å². The number of rotatable bonds is 4. The Labute approximate surface area is 119 Å². The highest BCUT2D eigenvalue weighted by atomic mass is 32.1. The number of carboxylic acids is 1. The van der Waals surface area contributed by atoms with Gasteiger partial charge in [-0.2, -0.15) is 5.10 Å². The van der Waals surface area contributed by atoms with Crippen molar-refractivity contribution in [3.8, 4) is 11.3 Å². The van der Waals surface area contributed by atoms with Gasteiger partial charge in [-0.3, -0.25) is 5.43 Å². The smallest absolute Gasteiger partial charge is 0.336 e. The van der Waals surface area contributed by atoms with Crippen LogP contribution in [-0.4, -0.2) is 22.4 Å². The molecule has 0 aliphatic carbocycles. The van der Waals surface area contributed by atoms with Crippen LogP contribution in [0.3, 0.4) is 0 Å². The molecule has 7 heteroatoms. The van der Waals surface area contributed by atoms with Gasteiger partial charge in [-0.05, 0) is 30.4 Å². The van der Waals surface area contributed by atoms with Crippen LogP contribution in [0, 0.1) is 0 Å². The number of benzene rings is 1. The molecule has 2 rings (SSSR count). The summed E-state index contributed by atoms with van der Waals surface area (Å²) in [6.45, 7) is 0. The molecule has 0 spiro atoms. The van der Waals surface area contributed by atoms with Gasteiger partial charge in [0.15, 0.2) is 5.11 Å². The molecule has 4 N–H and O–H groups in total. The fourth-order valence-corrected chi connectivity index (χ4v) is 1.66. The molecule has 0 aliphatic heterocycles. The Hall–Kier alpha value is -2.67. The van der Waals surface area contributed by atoms with E-state index in [-0.39, 0.29) is 10.7 Å². The molecule has 2 aromatic rings. The molecular weight excluding hydrogens is 278 g/mol. The first kappa shape index (κ1) is 13.8. The Morgan fingerprint density at radius 2 is 2.10 bits per heavy atom. The molecule has 0 radical (unpaired) electrons. The molecule has 0 fully saturated rings. The maximum Gasteiger partial charge on any atom is 0.336 e. The lowest BCUT2D eigenvalue weighted by Gasteiger charge is -2.01. The van der Waals surface area contributed by atoms with Crippen LogP contribution in [0.4, 0.5) is 0 Å². The van der Waals surface area contributed by atoms with Crippen LogP contribution < -0.4 is 11.2 Å². The Morgan fingerprint density at radius 1 is 1.35 bits per heavy atom. The Balaban J connectivity index is 2.27. The predicted molar refractivity (Wildman–Crippen MR) is 78.6 cm³/mol. The lowest BCUT2D eigenvalue weighted by Crippen LogP contribution is -2.23. The summed E-state index contributed by atoms with van der Waals surface area (Å²) in [6.07, 6.45) is 1.39. The van der Waals surface area contributed by atoms with Gasteiger partial charge < -0.3 is 15.3 Å². The first-order chi connectivity index (χ1) is 9.58. The summed E-state index contributed by atoms with van der Waals surface area (Å²) >= 11 is 4.60. The first-order valence-corrected chi connectivity index (χ1v) is 6.00. The zero-order valence-corrected chi connectivity index (χ0v) is 11.1. The van der Waals surface area contributed by atoms with Crippen molar-refractivity contribution in [1.82, 2.24) is 5.43 Å². The molecular formula is C13H11N3O3S. The lowest BCUT2D eigenvalue weighted by molar-refractivity contribution is 0.0697. The number of nitrogens with two attached hydrogens (primary N) is 1. The Kier molecular flexibility index (Phi) is 4.11. The van der Waals surface area contributed by atoms with Crippen molar-refractivity contribution in [1.29, 1.82) is 0 Å². The standard InChI is InChI=1S/C13H11N3O3S/c14-13(20)16-15-7-8-5-6-11(19-8)9-3-1-2-4-10(9)12(17)18/h1-7H,(H,17,18)(H3,14,16,20)/b15-7+. The van der Waals surface area contributed by atoms with Crippen molar-refractivity contribution in [2.75, 3.05) is 0 Å². The normalized spacial score (nSPS) is 10.6. The van der Waals surface area contributed by atoms with Gasteiger partial charge in [-0.1, -0.05) is 18.2 Å². The van der Waals surface area contributed by atoms with Crippen LogP contribution in [0.1, 0.15) is 16.1 Å². The third kappa shape index (κ3) is 3.21. The van der Waals surface area contributed by atoms with Gasteiger partial charge in [0.05, 0.1) is 11.8 Å². The van der Waals surface area contributed by atoms with Crippen molar-refractivity contribution in [3.05, 3.63) is 47.7 Å². The van der Waals surface area contributed by atoms with Crippen molar-refractivity contribution in [2.24, 2.45) is 10.8 Å². The van der Waals surface area contributed by atoms with E-state index in [1.165, 1.54) is 12.3 Å². The van der Waals surface area contributed by atoms with Gasteiger partial charge in [-0.25, -0.2) is 4.79 Å². The largest absolute Gasteiger partial charge is 0.478 e. The van der Waals surface area contributed by atoms with E-state index in [9.17, 15) is 4.79 Å². The third-order valence-corrected chi connectivity index (χ3v) is 2.51. The quantitative estimate of drug-likeness (QED) is 0.451. The Morgan fingerprint density at radius 3 is 2.80 bits per heavy atom. The molecule has 1 heterocycles. The fraction of sp³-hybridized carbons (Fsp3) is 0. The molecule has 0 unspecified atom stereocenters. The highest BCUT2D eigenvalue weighted by Crippen LogP contribution is 2.25. The number of aromatic carboxylic acids is 1. The zero-order valence-electron chi connectivity index (χ0n) is 10.2. The summed E-state index contributed by atoms with van der Waals surface area (Å²) < 4.78 is 5.51. The van der Waals surface area contributed by atoms with Crippen molar-refractivity contribution < 1.29 is 14.3 Å². The highest BCUT2D eigenvalue weighted by Gasteiger charge is 2.13. The predicted octanol–water partition coefficient (Wildman–Crippen LogP) is 1.81. The molecule has 0 saturated carbocycles. The van der Waals surface area contributed by atoms with E-state index in [0.717, 1.165) is 0 Å². The number of furan rings is 1. The molecule has 0 saturated heterocycles. The fourth-order valence-electron chi connectivity index (χ4n) is 1.61. The molecule has 102 valence electrons. The minimum absolute atomic E-state index is 0.0456. The second kappa shape index (κ2) is 5.98. The van der Waals surface area contributed by atoms with Crippen LogP contribution >= 0.6 is 12.2 Å². The monoisotopic (exact) mass is 289 g/mol. The number of thiocarbonyl (C=S) groups is 1. The SMILES string of the molecule is NC(=S)N/N=C/c1ccc(-c2ccccc2C(=O)O)o1. The first-order valence-electron chi connectivity index (χ1n) is 5.59. The molecule has 1 aromatic heterocycles. The van der Waals surface area contributed by atoms with Crippen LogP contribution in [0.5, 0.6) is 0 Å². The second-order valence-electron chi connectivity index (χ2n) is 3.79. The van der Waals surface area contributed by atoms with Gasteiger partial charge in [0.25, 0.3) is 0 Å². The van der Waals surface area contributed by atoms with Crippen molar-refractivity contribution in [3.63, 3.8) is 0 Å². The van der Waals surface area contributed by atoms with Crippen LogP contribution in [0.2, 0.25) is 0 Å². The van der Waals surface area contributed by atoms with E-state index in [0.29, 0.717) is 17.1 Å². The minimum Gasteiger partial charge on any atom is -0.478 e. The third-order valence-electron chi connectivity index (χ3n) is 2.42. The number of carbonyl (C=O) groups is 1. The van der Waals surface area contributed by atoms with Crippen molar-refractivity contribution in [2.45, 2.75) is 0 Å². The van der Waals surface area contributed by atoms with Gasteiger partial charge >= 0.3 is 5.97 Å². The average Bonchev–Trinajstić information content (AvgIpc) is 2.87. The molecule has 0 atom stereocenters. The summed E-state index contributed by atoms with van der Waals surface area (Å²) in [4.78, 5) is 11.1. The maximum atomic E-state index is 11.1. The number of nitrogens with one attached hydrogen (secondary N) is 1. The van der Waals surface area contributed by atoms with Gasteiger partial charge in [-0.15, -0.1) is 0 Å². The van der Waals surface area contributed by atoms with E-state index in [4.69, 9.17) is 15.3 Å². The molecule has 0 bridgehead atoms. The van der Waals surface area contributed by atoms with Crippen LogP contribution in [0.25, 0.3) is 11.3 Å². The van der Waals surface area contributed by atoms with E-state index < -0.39 is 5.97 Å². The number of hydrazone groups is 1. The van der Waals surface area contributed by atoms with Crippen molar-refractivity contribution >= 4 is 29.5 Å². The summed E-state index contributed by atoms with van der Waals surface area (Å²) in [5.41, 5.74) is 8.29. The van der Waals surface area contributed by atoms with E-state index in [2.05, 4.69) is 22.7 Å². The second-order valence-corrected chi connectivity index (χ2v) is 4.23. The number of carboxylic acid groups (broad SMARTS) is 1. The summed E-state index contributed by atoms with van der Waals surface area (Å²) in [6, 6.07) is 9.93. The molecule has 0 amide bonds. The van der Waals surface area contributed by atoms with Crippen LogP contribution in [-0.2, 0) is 0 Å². The molecule has 1 aromatic carbocycles. The maximum absolute atomic E-state index is 11.1. The van der Waals surface area contributed by atoms with Gasteiger partial charge in [0.1, 0.15) is 11.5 Å². The zero-order chi connectivity index (χ0) is 14.5. The lowest BCUT2D eigenvalue weighted by atomic mass is 10.1. The van der Waals surface area contributed by atoms with Crippen LogP contribution in [0.15, 0.2) is 45.9 Å². The number of nitrogens with zero attached hydrogens (tertiary/aromatic N) is 1. The molecule has 0 aliphatic rings. The summed E-state index contributed by atoms with van der Waals surface area (Å²) in [5, 5.41) is 12.9. The molecule has 6 nitrogen and oxygen atoms in total. The number of hydrogen-bond acceptors (Lipinski definition) is 4. The topological polar surface area (TPSA) is 101 Å². The summed E-state index contributed by atoms with van der Waals surface area (Å²) in [7, 11) is 0. The van der Waals surface area contributed by atoms with E-state index in [1.807, 2.05) is 0 Å². The Bertz CT molecular complexity index is 679. The van der Waals surface area contributed by atoms with E-state index >= 15 is 0 Å². The average molecular weight is 289 g/mol.